The van der Waals surface area contributed by atoms with Gasteiger partial charge in [-0.15, -0.1) is 11.8 Å². The SMILES string of the molecule is COCCNCc1cc(F)c(SCC(C)CO)c(F)c1. The van der Waals surface area contributed by atoms with Gasteiger partial charge in [-0.05, 0) is 23.6 Å². The minimum Gasteiger partial charge on any atom is -0.396 e. The molecule has 0 amide bonds. The summed E-state index contributed by atoms with van der Waals surface area (Å²) in [5.41, 5.74) is 0.565. The fraction of sp³-hybridized carbons (Fsp3) is 0.571. The number of benzene rings is 1. The lowest BCUT2D eigenvalue weighted by molar-refractivity contribution is 0.199. The van der Waals surface area contributed by atoms with Crippen LogP contribution in [0.15, 0.2) is 17.0 Å². The Hall–Kier alpha value is -0.690. The molecule has 0 heterocycles. The van der Waals surface area contributed by atoms with Gasteiger partial charge in [-0.25, -0.2) is 8.78 Å². The third-order valence-corrected chi connectivity index (χ3v) is 4.11. The van der Waals surface area contributed by atoms with Crippen molar-refractivity contribution in [3.05, 3.63) is 29.3 Å². The van der Waals surface area contributed by atoms with Gasteiger partial charge in [0.05, 0.1) is 11.5 Å². The number of aliphatic hydroxyl groups is 1. The van der Waals surface area contributed by atoms with Gasteiger partial charge < -0.3 is 15.2 Å². The van der Waals surface area contributed by atoms with Crippen LogP contribution in [-0.4, -0.2) is 37.7 Å². The van der Waals surface area contributed by atoms with Crippen LogP contribution in [0.3, 0.4) is 0 Å². The van der Waals surface area contributed by atoms with E-state index >= 15 is 0 Å². The summed E-state index contributed by atoms with van der Waals surface area (Å²) in [6, 6.07) is 2.68. The number of thioether (sulfide) groups is 1. The summed E-state index contributed by atoms with van der Waals surface area (Å²) in [6.07, 6.45) is 0. The van der Waals surface area contributed by atoms with E-state index in [0.717, 1.165) is 11.8 Å². The van der Waals surface area contributed by atoms with Crippen molar-refractivity contribution in [2.24, 2.45) is 5.92 Å². The first-order chi connectivity index (χ1) is 9.58. The van der Waals surface area contributed by atoms with Crippen molar-refractivity contribution in [3.8, 4) is 0 Å². The zero-order valence-corrected chi connectivity index (χ0v) is 12.6. The summed E-state index contributed by atoms with van der Waals surface area (Å²) in [5, 5.41) is 12.0. The van der Waals surface area contributed by atoms with Crippen LogP contribution in [0.2, 0.25) is 0 Å². The lowest BCUT2D eigenvalue weighted by atomic mass is 10.2. The Kier molecular flexibility index (Phi) is 8.06. The van der Waals surface area contributed by atoms with Crippen LogP contribution in [0.4, 0.5) is 8.78 Å². The van der Waals surface area contributed by atoms with Gasteiger partial charge in [-0.1, -0.05) is 6.92 Å². The first kappa shape index (κ1) is 17.4. The normalized spacial score (nSPS) is 12.7. The first-order valence-electron chi connectivity index (χ1n) is 6.49. The maximum atomic E-state index is 13.9. The fourth-order valence-electron chi connectivity index (χ4n) is 1.54. The number of ether oxygens (including phenoxy) is 1. The van der Waals surface area contributed by atoms with Crippen molar-refractivity contribution < 1.29 is 18.6 Å². The van der Waals surface area contributed by atoms with Crippen molar-refractivity contribution in [2.45, 2.75) is 18.4 Å². The Labute approximate surface area is 122 Å². The van der Waals surface area contributed by atoms with Gasteiger partial charge in [0.25, 0.3) is 0 Å². The molecule has 0 aliphatic carbocycles. The van der Waals surface area contributed by atoms with Gasteiger partial charge in [0.1, 0.15) is 11.6 Å². The molecule has 20 heavy (non-hydrogen) atoms. The van der Waals surface area contributed by atoms with E-state index in [1.165, 1.54) is 12.1 Å². The van der Waals surface area contributed by atoms with E-state index in [0.29, 0.717) is 31.0 Å². The van der Waals surface area contributed by atoms with Gasteiger partial charge in [0.2, 0.25) is 0 Å². The number of methoxy groups -OCH3 is 1. The van der Waals surface area contributed by atoms with Gasteiger partial charge in [-0.2, -0.15) is 0 Å². The van der Waals surface area contributed by atoms with Crippen LogP contribution >= 0.6 is 11.8 Å². The third kappa shape index (κ3) is 5.75. The number of hydrogen-bond acceptors (Lipinski definition) is 4. The molecular formula is C14H21F2NO2S. The summed E-state index contributed by atoms with van der Waals surface area (Å²) >= 11 is 1.10. The molecule has 1 rings (SSSR count). The molecule has 114 valence electrons. The van der Waals surface area contributed by atoms with Gasteiger partial charge in [-0.3, -0.25) is 0 Å². The quantitative estimate of drug-likeness (QED) is 0.543. The van der Waals surface area contributed by atoms with Gasteiger partial charge >= 0.3 is 0 Å². The fourth-order valence-corrected chi connectivity index (χ4v) is 2.49. The number of hydrogen-bond donors (Lipinski definition) is 2. The molecule has 0 saturated heterocycles. The van der Waals surface area contributed by atoms with E-state index in [1.807, 2.05) is 6.92 Å². The molecule has 1 atom stereocenters. The lowest BCUT2D eigenvalue weighted by Crippen LogP contribution is -2.18. The number of halogens is 2. The Morgan fingerprint density at radius 2 is 2.00 bits per heavy atom. The van der Waals surface area contributed by atoms with E-state index in [2.05, 4.69) is 5.32 Å². The maximum absolute atomic E-state index is 13.9. The Morgan fingerprint density at radius 3 is 2.55 bits per heavy atom. The zero-order valence-electron chi connectivity index (χ0n) is 11.8. The van der Waals surface area contributed by atoms with E-state index in [-0.39, 0.29) is 17.4 Å². The number of nitrogens with one attached hydrogen (secondary N) is 1. The number of aliphatic hydroxyl groups excluding tert-OH is 1. The summed E-state index contributed by atoms with van der Waals surface area (Å²) in [7, 11) is 1.60. The average molecular weight is 305 g/mol. The Morgan fingerprint density at radius 1 is 1.35 bits per heavy atom. The molecule has 1 unspecified atom stereocenters. The lowest BCUT2D eigenvalue weighted by Gasteiger charge is -2.11. The Bertz CT molecular complexity index is 395. The highest BCUT2D eigenvalue weighted by Gasteiger charge is 2.13. The highest BCUT2D eigenvalue weighted by atomic mass is 32.2. The predicted octanol–water partition coefficient (Wildman–Crippen LogP) is 2.42. The molecule has 0 bridgehead atoms. The van der Waals surface area contributed by atoms with E-state index in [9.17, 15) is 8.78 Å². The molecule has 2 N–H and O–H groups in total. The monoisotopic (exact) mass is 305 g/mol. The van der Waals surface area contributed by atoms with Crippen molar-refractivity contribution >= 4 is 11.8 Å². The number of rotatable bonds is 9. The van der Waals surface area contributed by atoms with E-state index in [1.54, 1.807) is 7.11 Å². The third-order valence-electron chi connectivity index (χ3n) is 2.69. The van der Waals surface area contributed by atoms with Crippen LogP contribution in [-0.2, 0) is 11.3 Å². The minimum absolute atomic E-state index is 0.00851. The molecular weight excluding hydrogens is 284 g/mol. The van der Waals surface area contributed by atoms with Crippen LogP contribution in [0.1, 0.15) is 12.5 Å². The van der Waals surface area contributed by atoms with Crippen LogP contribution in [0.25, 0.3) is 0 Å². The summed E-state index contributed by atoms with van der Waals surface area (Å²) in [5.74, 6) is -0.614. The maximum Gasteiger partial charge on any atom is 0.140 e. The Balaban J connectivity index is 2.61. The van der Waals surface area contributed by atoms with Crippen LogP contribution in [0, 0.1) is 17.6 Å². The molecule has 0 aliphatic rings. The van der Waals surface area contributed by atoms with Gasteiger partial charge in [0.15, 0.2) is 0 Å². The van der Waals surface area contributed by atoms with Crippen molar-refractivity contribution in [1.29, 1.82) is 0 Å². The minimum atomic E-state index is -0.552. The largest absolute Gasteiger partial charge is 0.396 e. The molecule has 0 radical (unpaired) electrons. The molecule has 0 aliphatic heterocycles. The summed E-state index contributed by atoms with van der Waals surface area (Å²) in [4.78, 5) is 0.0194. The molecule has 1 aromatic rings. The summed E-state index contributed by atoms with van der Waals surface area (Å²) in [6.45, 7) is 3.42. The molecule has 0 saturated carbocycles. The van der Waals surface area contributed by atoms with Crippen LogP contribution < -0.4 is 5.32 Å². The smallest absolute Gasteiger partial charge is 0.140 e. The second-order valence-electron chi connectivity index (χ2n) is 4.66. The molecule has 0 spiro atoms. The standard InChI is InChI=1S/C14H21F2NO2S/c1-10(8-18)9-20-14-12(15)5-11(6-13(14)16)7-17-3-4-19-2/h5-6,10,17-18H,3-4,7-9H2,1-2H3. The summed E-state index contributed by atoms with van der Waals surface area (Å²) < 4.78 is 32.6. The highest BCUT2D eigenvalue weighted by molar-refractivity contribution is 7.99. The predicted molar refractivity (Wildman–Crippen MR) is 76.9 cm³/mol. The molecule has 6 heteroatoms. The molecule has 3 nitrogen and oxygen atoms in total. The topological polar surface area (TPSA) is 41.5 Å². The second-order valence-corrected chi connectivity index (χ2v) is 5.69. The average Bonchev–Trinajstić information content (AvgIpc) is 2.42. The highest BCUT2D eigenvalue weighted by Crippen LogP contribution is 2.28. The van der Waals surface area contributed by atoms with Crippen molar-refractivity contribution in [3.63, 3.8) is 0 Å². The zero-order chi connectivity index (χ0) is 15.0. The van der Waals surface area contributed by atoms with Crippen molar-refractivity contribution in [2.75, 3.05) is 32.6 Å². The molecule has 1 aromatic carbocycles. The van der Waals surface area contributed by atoms with E-state index < -0.39 is 11.6 Å². The first-order valence-corrected chi connectivity index (χ1v) is 7.48. The molecule has 0 aromatic heterocycles. The van der Waals surface area contributed by atoms with Crippen LogP contribution in [0.5, 0.6) is 0 Å². The second kappa shape index (κ2) is 9.28. The molecule has 0 fully saturated rings. The van der Waals surface area contributed by atoms with Crippen molar-refractivity contribution in [1.82, 2.24) is 5.32 Å². The van der Waals surface area contributed by atoms with E-state index in [4.69, 9.17) is 9.84 Å². The van der Waals surface area contributed by atoms with Gasteiger partial charge in [0, 0.05) is 32.6 Å².